The van der Waals surface area contributed by atoms with Gasteiger partial charge in [-0.1, -0.05) is 48.5 Å². The van der Waals surface area contributed by atoms with Crippen LogP contribution < -0.4 is 0 Å². The van der Waals surface area contributed by atoms with Crippen molar-refractivity contribution in [2.75, 3.05) is 0 Å². The summed E-state index contributed by atoms with van der Waals surface area (Å²) in [6, 6.07) is 21.4. The van der Waals surface area contributed by atoms with Crippen LogP contribution in [0.2, 0.25) is 0 Å². The maximum absolute atomic E-state index is 13.7. The van der Waals surface area contributed by atoms with Crippen molar-refractivity contribution in [3.05, 3.63) is 102 Å². The smallest absolute Gasteiger partial charge is 0.268 e. The van der Waals surface area contributed by atoms with E-state index in [0.29, 0.717) is 10.9 Å². The van der Waals surface area contributed by atoms with Crippen LogP contribution in [0.4, 0.5) is 4.39 Å². The highest BCUT2D eigenvalue weighted by atomic mass is 32.2. The second-order valence-electron chi connectivity index (χ2n) is 6.01. The van der Waals surface area contributed by atoms with Gasteiger partial charge in [0.2, 0.25) is 5.78 Å². The van der Waals surface area contributed by atoms with Crippen LogP contribution >= 0.6 is 0 Å². The summed E-state index contributed by atoms with van der Waals surface area (Å²) in [6.07, 6.45) is 0. The van der Waals surface area contributed by atoms with E-state index in [1.165, 1.54) is 36.4 Å². The Morgan fingerprint density at radius 1 is 0.815 bits per heavy atom. The molecule has 27 heavy (non-hydrogen) atoms. The van der Waals surface area contributed by atoms with Crippen LogP contribution in [0.5, 0.6) is 0 Å². The summed E-state index contributed by atoms with van der Waals surface area (Å²) in [4.78, 5) is 13.1. The van der Waals surface area contributed by atoms with Gasteiger partial charge in [-0.25, -0.2) is 16.8 Å². The fraction of sp³-hybridized carbons (Fsp3) is 0. The van der Waals surface area contributed by atoms with Crippen LogP contribution in [0, 0.1) is 5.82 Å². The van der Waals surface area contributed by atoms with Crippen molar-refractivity contribution >= 4 is 26.7 Å². The molecule has 0 aliphatic carbocycles. The summed E-state index contributed by atoms with van der Waals surface area (Å²) < 4.78 is 41.2. The number of carbonyl (C=O) groups excluding carboxylic acids is 1. The molecule has 4 rings (SSSR count). The van der Waals surface area contributed by atoms with Gasteiger partial charge in [-0.2, -0.15) is 0 Å². The van der Waals surface area contributed by atoms with Gasteiger partial charge in [-0.05, 0) is 36.4 Å². The van der Waals surface area contributed by atoms with Gasteiger partial charge in [-0.15, -0.1) is 0 Å². The third kappa shape index (κ3) is 2.94. The summed E-state index contributed by atoms with van der Waals surface area (Å²) in [5.41, 5.74) is 0.565. The SMILES string of the molecule is O=C(c1ccccc1)c1cc2cc(F)ccc2n1S(=O)(=O)c1ccccc1. The fourth-order valence-corrected chi connectivity index (χ4v) is 4.55. The molecule has 0 amide bonds. The largest absolute Gasteiger partial charge is 0.287 e. The van der Waals surface area contributed by atoms with Gasteiger partial charge < -0.3 is 0 Å². The van der Waals surface area contributed by atoms with Crippen LogP contribution in [-0.2, 0) is 10.0 Å². The highest BCUT2D eigenvalue weighted by Gasteiger charge is 2.27. The first-order valence-corrected chi connectivity index (χ1v) is 9.64. The zero-order valence-corrected chi connectivity index (χ0v) is 14.9. The van der Waals surface area contributed by atoms with Gasteiger partial charge >= 0.3 is 0 Å². The number of hydrogen-bond donors (Lipinski definition) is 0. The average Bonchev–Trinajstić information content (AvgIpc) is 3.08. The van der Waals surface area contributed by atoms with E-state index in [9.17, 15) is 17.6 Å². The number of rotatable bonds is 4. The molecule has 0 aliphatic rings. The maximum atomic E-state index is 13.7. The minimum Gasteiger partial charge on any atom is -0.287 e. The molecule has 0 N–H and O–H groups in total. The van der Waals surface area contributed by atoms with Gasteiger partial charge in [0.1, 0.15) is 11.5 Å². The Balaban J connectivity index is 2.03. The number of carbonyl (C=O) groups is 1. The normalized spacial score (nSPS) is 11.6. The molecule has 6 heteroatoms. The highest BCUT2D eigenvalue weighted by molar-refractivity contribution is 7.90. The zero-order valence-electron chi connectivity index (χ0n) is 14.0. The van der Waals surface area contributed by atoms with E-state index < -0.39 is 21.6 Å². The Hall–Kier alpha value is -3.25. The third-order valence-electron chi connectivity index (χ3n) is 4.27. The third-order valence-corrected chi connectivity index (χ3v) is 6.01. The summed E-state index contributed by atoms with van der Waals surface area (Å²) in [5, 5.41) is 0.341. The molecule has 3 aromatic carbocycles. The molecule has 4 nitrogen and oxygen atoms in total. The summed E-state index contributed by atoms with van der Waals surface area (Å²) in [5.74, 6) is -0.956. The number of ketones is 1. The Morgan fingerprint density at radius 2 is 1.44 bits per heavy atom. The summed E-state index contributed by atoms with van der Waals surface area (Å²) in [7, 11) is -4.05. The summed E-state index contributed by atoms with van der Waals surface area (Å²) >= 11 is 0. The van der Waals surface area contributed by atoms with E-state index >= 15 is 0 Å². The Morgan fingerprint density at radius 3 is 2.11 bits per heavy atom. The van der Waals surface area contributed by atoms with Crippen molar-refractivity contribution in [2.24, 2.45) is 0 Å². The quantitative estimate of drug-likeness (QED) is 0.498. The monoisotopic (exact) mass is 379 g/mol. The lowest BCUT2D eigenvalue weighted by Gasteiger charge is -2.11. The second-order valence-corrected chi connectivity index (χ2v) is 7.80. The van der Waals surface area contributed by atoms with Crippen molar-refractivity contribution < 1.29 is 17.6 Å². The minimum absolute atomic E-state index is 0.0364. The molecule has 0 saturated heterocycles. The molecule has 0 atom stereocenters. The molecular weight excluding hydrogens is 365 g/mol. The molecule has 0 spiro atoms. The lowest BCUT2D eigenvalue weighted by molar-refractivity contribution is 0.103. The first-order chi connectivity index (χ1) is 13.0. The van der Waals surface area contributed by atoms with Gasteiger partial charge in [0.15, 0.2) is 0 Å². The van der Waals surface area contributed by atoms with Crippen LogP contribution in [0.25, 0.3) is 10.9 Å². The molecule has 1 heterocycles. The van der Waals surface area contributed by atoms with Crippen molar-refractivity contribution in [1.82, 2.24) is 3.97 Å². The first kappa shape index (κ1) is 17.2. The lowest BCUT2D eigenvalue weighted by atomic mass is 10.1. The average molecular weight is 379 g/mol. The predicted octanol–water partition coefficient (Wildman–Crippen LogP) is 4.25. The van der Waals surface area contributed by atoms with E-state index in [1.54, 1.807) is 48.5 Å². The first-order valence-electron chi connectivity index (χ1n) is 8.20. The van der Waals surface area contributed by atoms with Gasteiger partial charge in [0.05, 0.1) is 10.4 Å². The number of hydrogen-bond acceptors (Lipinski definition) is 3. The van der Waals surface area contributed by atoms with Crippen LogP contribution in [0.3, 0.4) is 0 Å². The van der Waals surface area contributed by atoms with Crippen molar-refractivity contribution in [1.29, 1.82) is 0 Å². The number of fused-ring (bicyclic) bond motifs is 1. The van der Waals surface area contributed by atoms with E-state index in [1.807, 2.05) is 0 Å². The number of halogens is 1. The number of benzene rings is 3. The van der Waals surface area contributed by atoms with E-state index in [0.717, 1.165) is 3.97 Å². The van der Waals surface area contributed by atoms with Gasteiger partial charge in [0, 0.05) is 10.9 Å². The van der Waals surface area contributed by atoms with Crippen LogP contribution in [0.1, 0.15) is 16.1 Å². The van der Waals surface area contributed by atoms with Crippen LogP contribution in [0.15, 0.2) is 89.8 Å². The van der Waals surface area contributed by atoms with Crippen molar-refractivity contribution in [2.45, 2.75) is 4.90 Å². The topological polar surface area (TPSA) is 56.1 Å². The molecule has 0 saturated carbocycles. The lowest BCUT2D eigenvalue weighted by Crippen LogP contribution is -2.19. The van der Waals surface area contributed by atoms with E-state index in [4.69, 9.17) is 0 Å². The zero-order chi connectivity index (χ0) is 19.0. The fourth-order valence-electron chi connectivity index (χ4n) is 3.01. The maximum Gasteiger partial charge on any atom is 0.268 e. The number of aromatic nitrogens is 1. The predicted molar refractivity (Wildman–Crippen MR) is 101 cm³/mol. The molecule has 0 unspecified atom stereocenters. The minimum atomic E-state index is -4.05. The van der Waals surface area contributed by atoms with Crippen LogP contribution in [-0.4, -0.2) is 18.2 Å². The molecule has 4 aromatic rings. The van der Waals surface area contributed by atoms with Gasteiger partial charge in [-0.3, -0.25) is 4.79 Å². The summed E-state index contributed by atoms with van der Waals surface area (Å²) in [6.45, 7) is 0. The molecule has 0 radical (unpaired) electrons. The molecule has 134 valence electrons. The van der Waals surface area contributed by atoms with Gasteiger partial charge in [0.25, 0.3) is 10.0 Å². The number of nitrogens with zero attached hydrogens (tertiary/aromatic N) is 1. The Bertz CT molecular complexity index is 1250. The Labute approximate surface area is 155 Å². The standard InChI is InChI=1S/C21H14FNO3S/c22-17-11-12-19-16(13-17)14-20(21(24)15-7-3-1-4-8-15)23(19)27(25,26)18-9-5-2-6-10-18/h1-14H. The highest BCUT2D eigenvalue weighted by Crippen LogP contribution is 2.28. The molecule has 0 fully saturated rings. The Kier molecular flexibility index (Phi) is 4.12. The molecule has 0 aliphatic heterocycles. The second kappa shape index (κ2) is 6.48. The van der Waals surface area contributed by atoms with E-state index in [-0.39, 0.29) is 16.1 Å². The van der Waals surface area contributed by atoms with Crippen molar-refractivity contribution in [3.8, 4) is 0 Å². The van der Waals surface area contributed by atoms with Crippen molar-refractivity contribution in [3.63, 3.8) is 0 Å². The van der Waals surface area contributed by atoms with E-state index in [2.05, 4.69) is 0 Å². The molecular formula is C21H14FNO3S. The molecule has 0 bridgehead atoms. The molecule has 1 aromatic heterocycles.